The molecular weight excluding hydrogens is 520 g/mol. The molecular formula is C29H25ClN4O3S. The van der Waals surface area contributed by atoms with E-state index in [-0.39, 0.29) is 11.0 Å². The fraction of sp³-hybridized carbons (Fsp3) is 0.207. The van der Waals surface area contributed by atoms with Gasteiger partial charge in [-0.15, -0.1) is 0 Å². The van der Waals surface area contributed by atoms with Crippen molar-refractivity contribution >= 4 is 51.3 Å². The molecule has 1 amide bonds. The number of rotatable bonds is 6. The van der Waals surface area contributed by atoms with Gasteiger partial charge in [0.2, 0.25) is 5.43 Å². The Balaban J connectivity index is 1.41. The Bertz CT molecular complexity index is 1600. The number of halogens is 1. The second-order valence-corrected chi connectivity index (χ2v) is 10.8. The summed E-state index contributed by atoms with van der Waals surface area (Å²) in [5, 5.41) is 4.06. The van der Waals surface area contributed by atoms with E-state index in [0.29, 0.717) is 36.7 Å². The Morgan fingerprint density at radius 2 is 1.92 bits per heavy atom. The van der Waals surface area contributed by atoms with Crippen LogP contribution in [-0.4, -0.2) is 46.7 Å². The number of morpholine rings is 1. The number of aromatic nitrogens is 2. The van der Waals surface area contributed by atoms with Crippen LogP contribution in [0.1, 0.15) is 27.0 Å². The Morgan fingerprint density at radius 1 is 1.11 bits per heavy atom. The molecule has 0 atom stereocenters. The highest BCUT2D eigenvalue weighted by Gasteiger charge is 2.23. The molecule has 1 N–H and O–H groups in total. The van der Waals surface area contributed by atoms with Crippen LogP contribution in [0, 0.1) is 0 Å². The topological polar surface area (TPSA) is 76.5 Å². The molecule has 4 aromatic rings. The maximum Gasteiger partial charge on any atom is 0.257 e. The summed E-state index contributed by atoms with van der Waals surface area (Å²) in [6.45, 7) is 4.10. The summed E-state index contributed by atoms with van der Waals surface area (Å²) in [5.74, 6) is -0.412. The third kappa shape index (κ3) is 5.13. The lowest BCUT2D eigenvalue weighted by molar-refractivity contribution is 0.0342. The van der Waals surface area contributed by atoms with Crippen molar-refractivity contribution in [3.8, 4) is 0 Å². The number of carbonyl (C=O) groups is 1. The van der Waals surface area contributed by atoms with Gasteiger partial charge in [-0.25, -0.2) is 0 Å². The third-order valence-corrected chi connectivity index (χ3v) is 8.04. The maximum absolute atomic E-state index is 13.7. The van der Waals surface area contributed by atoms with Gasteiger partial charge in [-0.3, -0.25) is 19.5 Å². The number of hydrogen-bond donors (Lipinski definition) is 1. The van der Waals surface area contributed by atoms with Crippen LogP contribution in [0.3, 0.4) is 0 Å². The first-order valence-electron chi connectivity index (χ1n) is 12.4. The van der Waals surface area contributed by atoms with E-state index in [1.807, 2.05) is 47.3 Å². The minimum Gasteiger partial charge on any atom is -0.379 e. The molecule has 7 nitrogen and oxygen atoms in total. The molecule has 9 heteroatoms. The molecule has 1 fully saturated rings. The lowest BCUT2D eigenvalue weighted by Gasteiger charge is -2.27. The molecule has 2 aliphatic heterocycles. The van der Waals surface area contributed by atoms with Crippen LogP contribution in [0.15, 0.2) is 76.8 Å². The number of hydrogen-bond acceptors (Lipinski definition) is 6. The second-order valence-electron chi connectivity index (χ2n) is 9.30. The Morgan fingerprint density at radius 3 is 2.68 bits per heavy atom. The summed E-state index contributed by atoms with van der Waals surface area (Å²) in [4.78, 5) is 35.5. The minimum absolute atomic E-state index is 0.106. The van der Waals surface area contributed by atoms with Crippen molar-refractivity contribution in [1.29, 1.82) is 0 Å². The zero-order valence-electron chi connectivity index (χ0n) is 20.5. The largest absolute Gasteiger partial charge is 0.379 e. The predicted molar refractivity (Wildman–Crippen MR) is 151 cm³/mol. The zero-order chi connectivity index (χ0) is 26.1. The Hall–Kier alpha value is -3.43. The molecule has 0 saturated carbocycles. The van der Waals surface area contributed by atoms with Gasteiger partial charge >= 0.3 is 0 Å². The number of nitrogens with one attached hydrogen (secondary N) is 1. The highest BCUT2D eigenvalue weighted by atomic mass is 35.5. The van der Waals surface area contributed by atoms with Crippen molar-refractivity contribution in [1.82, 2.24) is 19.8 Å². The monoisotopic (exact) mass is 544 g/mol. The van der Waals surface area contributed by atoms with E-state index >= 15 is 0 Å². The van der Waals surface area contributed by atoms with E-state index in [2.05, 4.69) is 21.3 Å². The second kappa shape index (κ2) is 10.7. The molecule has 192 valence electrons. The van der Waals surface area contributed by atoms with E-state index in [1.54, 1.807) is 36.3 Å². The van der Waals surface area contributed by atoms with Gasteiger partial charge in [0.15, 0.2) is 0 Å². The van der Waals surface area contributed by atoms with Crippen molar-refractivity contribution in [3.63, 3.8) is 0 Å². The molecule has 0 radical (unpaired) electrons. The van der Waals surface area contributed by atoms with Crippen LogP contribution in [0.2, 0.25) is 5.02 Å². The van der Waals surface area contributed by atoms with Crippen molar-refractivity contribution in [2.24, 2.45) is 0 Å². The molecule has 4 heterocycles. The Kier molecular flexibility index (Phi) is 7.04. The molecule has 2 aromatic heterocycles. The minimum atomic E-state index is -0.412. The average Bonchev–Trinajstić information content (AvgIpc) is 2.95. The van der Waals surface area contributed by atoms with E-state index in [9.17, 15) is 9.59 Å². The van der Waals surface area contributed by atoms with Gasteiger partial charge in [-0.05, 0) is 41.5 Å². The fourth-order valence-electron chi connectivity index (χ4n) is 4.75. The smallest absolute Gasteiger partial charge is 0.257 e. The highest BCUT2D eigenvalue weighted by molar-refractivity contribution is 8.08. The number of amides is 1. The van der Waals surface area contributed by atoms with Gasteiger partial charge < -0.3 is 14.6 Å². The van der Waals surface area contributed by atoms with E-state index in [1.165, 1.54) is 0 Å². The quantitative estimate of drug-likeness (QED) is 0.373. The summed E-state index contributed by atoms with van der Waals surface area (Å²) in [5.41, 5.74) is 3.56. The van der Waals surface area contributed by atoms with Crippen LogP contribution >= 0.6 is 23.4 Å². The fourth-order valence-corrected chi connectivity index (χ4v) is 6.04. The predicted octanol–water partition coefficient (Wildman–Crippen LogP) is 4.87. The van der Waals surface area contributed by atoms with Crippen LogP contribution in [0.4, 0.5) is 0 Å². The molecule has 0 unspecified atom stereocenters. The molecule has 0 bridgehead atoms. The van der Waals surface area contributed by atoms with Crippen molar-refractivity contribution in [2.75, 3.05) is 26.3 Å². The van der Waals surface area contributed by atoms with Gasteiger partial charge in [0.1, 0.15) is 5.56 Å². The van der Waals surface area contributed by atoms with E-state index < -0.39 is 5.91 Å². The van der Waals surface area contributed by atoms with Gasteiger partial charge in [0.25, 0.3) is 5.91 Å². The van der Waals surface area contributed by atoms with Gasteiger partial charge in [-0.2, -0.15) is 0 Å². The zero-order valence-corrected chi connectivity index (χ0v) is 22.1. The molecule has 2 aromatic carbocycles. The molecule has 6 rings (SSSR count). The van der Waals surface area contributed by atoms with Crippen LogP contribution < -0.4 is 10.7 Å². The SMILES string of the molecule is O=C(NCc1ccc(Cl)cc1)c1cn2c3c(cc(CN4CCOCC4)cc3c1=O)SC(c1cccnc1)=C2. The lowest BCUT2D eigenvalue weighted by atomic mass is 10.1. The molecule has 38 heavy (non-hydrogen) atoms. The van der Waals surface area contributed by atoms with Crippen molar-refractivity contribution in [3.05, 3.63) is 105 Å². The van der Waals surface area contributed by atoms with E-state index in [0.717, 1.165) is 45.1 Å². The van der Waals surface area contributed by atoms with E-state index in [4.69, 9.17) is 16.3 Å². The summed E-state index contributed by atoms with van der Waals surface area (Å²) in [6, 6.07) is 15.3. The number of benzene rings is 2. The van der Waals surface area contributed by atoms with Crippen molar-refractivity contribution in [2.45, 2.75) is 18.0 Å². The number of ether oxygens (including phenoxy) is 1. The molecule has 1 saturated heterocycles. The maximum atomic E-state index is 13.7. The molecule has 0 spiro atoms. The lowest BCUT2D eigenvalue weighted by Crippen LogP contribution is -2.35. The number of thioether (sulfide) groups is 1. The number of carbonyl (C=O) groups excluding carboxylic acids is 1. The highest BCUT2D eigenvalue weighted by Crippen LogP contribution is 2.42. The summed E-state index contributed by atoms with van der Waals surface area (Å²) in [6.07, 6.45) is 7.17. The molecule has 0 aliphatic carbocycles. The van der Waals surface area contributed by atoms with Crippen LogP contribution in [-0.2, 0) is 17.8 Å². The normalized spacial score (nSPS) is 15.3. The summed E-state index contributed by atoms with van der Waals surface area (Å²) >= 11 is 7.59. The molecule has 2 aliphatic rings. The van der Waals surface area contributed by atoms with Crippen LogP contribution in [0.25, 0.3) is 22.0 Å². The first kappa shape index (κ1) is 24.9. The first-order chi connectivity index (χ1) is 18.5. The van der Waals surface area contributed by atoms with Crippen molar-refractivity contribution < 1.29 is 9.53 Å². The number of pyridine rings is 2. The van der Waals surface area contributed by atoms with Gasteiger partial charge in [-0.1, -0.05) is 41.6 Å². The average molecular weight is 545 g/mol. The standard InChI is InChI=1S/C29H25ClN4O3S/c30-22-5-3-19(4-6-22)14-32-29(36)24-17-34-18-26(21-2-1-7-31-15-21)38-25-13-20(12-23(27(25)34)28(24)35)16-33-8-10-37-11-9-33/h1-7,12-13,15,17-18H,8-11,14,16H2,(H,32,36). The van der Waals surface area contributed by atoms with Gasteiger partial charge in [0.05, 0.1) is 18.7 Å². The number of nitrogens with zero attached hydrogens (tertiary/aromatic N) is 3. The summed E-state index contributed by atoms with van der Waals surface area (Å²) < 4.78 is 7.40. The first-order valence-corrected chi connectivity index (χ1v) is 13.6. The van der Waals surface area contributed by atoms with Crippen LogP contribution in [0.5, 0.6) is 0 Å². The summed E-state index contributed by atoms with van der Waals surface area (Å²) in [7, 11) is 0. The third-order valence-electron chi connectivity index (χ3n) is 6.69. The Labute approximate surface area is 229 Å². The van der Waals surface area contributed by atoms with Gasteiger partial charge in [0, 0.05) is 76.7 Å².